The number of carboxylic acid groups (broad SMARTS) is 1. The highest BCUT2D eigenvalue weighted by molar-refractivity contribution is 6.33. The van der Waals surface area contributed by atoms with E-state index in [1.165, 1.54) is 12.4 Å². The van der Waals surface area contributed by atoms with Crippen LogP contribution >= 0.6 is 11.6 Å². The first-order valence-electron chi connectivity index (χ1n) is 4.06. The van der Waals surface area contributed by atoms with Gasteiger partial charge in [0.25, 0.3) is 0 Å². The van der Waals surface area contributed by atoms with E-state index in [0.29, 0.717) is 5.82 Å². The summed E-state index contributed by atoms with van der Waals surface area (Å²) in [4.78, 5) is 18.5. The number of halogens is 1. The number of imidazole rings is 1. The van der Waals surface area contributed by atoms with E-state index in [0.717, 1.165) is 0 Å². The SMILES string of the molecule is O=C(O)c1nc(-n2ccnc2)ccc1Cl. The summed E-state index contributed by atoms with van der Waals surface area (Å²) in [6.07, 6.45) is 4.78. The van der Waals surface area contributed by atoms with Crippen LogP contribution in [0.25, 0.3) is 5.82 Å². The molecule has 2 aromatic heterocycles. The number of aromatic carboxylic acids is 1. The highest BCUT2D eigenvalue weighted by Gasteiger charge is 2.11. The van der Waals surface area contributed by atoms with Gasteiger partial charge < -0.3 is 5.11 Å². The third kappa shape index (κ3) is 1.82. The van der Waals surface area contributed by atoms with Gasteiger partial charge in [0.1, 0.15) is 12.1 Å². The maximum atomic E-state index is 10.8. The van der Waals surface area contributed by atoms with Gasteiger partial charge in [0.15, 0.2) is 5.69 Å². The molecule has 0 amide bonds. The Hall–Kier alpha value is -1.88. The van der Waals surface area contributed by atoms with E-state index >= 15 is 0 Å². The maximum absolute atomic E-state index is 10.8. The van der Waals surface area contributed by atoms with E-state index in [9.17, 15) is 4.79 Å². The van der Waals surface area contributed by atoms with Crippen LogP contribution in [0.5, 0.6) is 0 Å². The standard InChI is InChI=1S/C9H6ClN3O2/c10-6-1-2-7(12-8(6)9(14)15)13-4-3-11-5-13/h1-5H,(H,14,15). The summed E-state index contributed by atoms with van der Waals surface area (Å²) in [5, 5.41) is 8.93. The van der Waals surface area contributed by atoms with Gasteiger partial charge in [-0.1, -0.05) is 11.6 Å². The number of aromatic nitrogens is 3. The fraction of sp³-hybridized carbons (Fsp3) is 0. The molecule has 0 aliphatic carbocycles. The first-order valence-corrected chi connectivity index (χ1v) is 4.44. The molecule has 5 nitrogen and oxygen atoms in total. The monoisotopic (exact) mass is 223 g/mol. The molecule has 0 aromatic carbocycles. The molecule has 0 saturated heterocycles. The molecule has 0 aliphatic rings. The number of rotatable bonds is 2. The molecule has 2 heterocycles. The Labute approximate surface area is 90.0 Å². The average Bonchev–Trinajstić information content (AvgIpc) is 2.71. The minimum atomic E-state index is -1.15. The Morgan fingerprint density at radius 1 is 1.47 bits per heavy atom. The number of carbonyl (C=O) groups is 1. The minimum absolute atomic E-state index is 0.117. The molecule has 0 radical (unpaired) electrons. The zero-order chi connectivity index (χ0) is 10.8. The molecule has 0 saturated carbocycles. The van der Waals surface area contributed by atoms with Crippen molar-refractivity contribution in [3.63, 3.8) is 0 Å². The lowest BCUT2D eigenvalue weighted by atomic mass is 10.3. The second kappa shape index (κ2) is 3.70. The molecule has 0 fully saturated rings. The highest BCUT2D eigenvalue weighted by atomic mass is 35.5. The zero-order valence-corrected chi connectivity index (χ0v) is 8.22. The van der Waals surface area contributed by atoms with Crippen molar-refractivity contribution in [2.24, 2.45) is 0 Å². The van der Waals surface area contributed by atoms with Crippen molar-refractivity contribution in [2.75, 3.05) is 0 Å². The van der Waals surface area contributed by atoms with Crippen molar-refractivity contribution in [1.82, 2.24) is 14.5 Å². The molecule has 0 bridgehead atoms. The predicted molar refractivity (Wildman–Crippen MR) is 53.3 cm³/mol. The summed E-state index contributed by atoms with van der Waals surface area (Å²) in [6.45, 7) is 0. The Bertz CT molecular complexity index is 496. The number of hydrogen-bond donors (Lipinski definition) is 1. The van der Waals surface area contributed by atoms with Crippen LogP contribution < -0.4 is 0 Å². The number of pyridine rings is 1. The van der Waals surface area contributed by atoms with Crippen LogP contribution in [0.4, 0.5) is 0 Å². The first kappa shape index (κ1) is 9.67. The van der Waals surface area contributed by atoms with Crippen LogP contribution in [0.2, 0.25) is 5.02 Å². The second-order valence-corrected chi connectivity index (χ2v) is 3.18. The maximum Gasteiger partial charge on any atom is 0.356 e. The van der Waals surface area contributed by atoms with Crippen LogP contribution in [0.1, 0.15) is 10.5 Å². The van der Waals surface area contributed by atoms with Gasteiger partial charge in [-0.15, -0.1) is 0 Å². The van der Waals surface area contributed by atoms with Gasteiger partial charge in [0.2, 0.25) is 0 Å². The fourth-order valence-electron chi connectivity index (χ4n) is 1.12. The largest absolute Gasteiger partial charge is 0.476 e. The molecule has 2 aromatic rings. The van der Waals surface area contributed by atoms with Crippen molar-refractivity contribution < 1.29 is 9.90 Å². The molecule has 0 spiro atoms. The van der Waals surface area contributed by atoms with Gasteiger partial charge >= 0.3 is 5.97 Å². The number of carboxylic acids is 1. The molecular weight excluding hydrogens is 218 g/mol. The number of nitrogens with zero attached hydrogens (tertiary/aromatic N) is 3. The van der Waals surface area contributed by atoms with Crippen molar-refractivity contribution in [2.45, 2.75) is 0 Å². The summed E-state index contributed by atoms with van der Waals surface area (Å²) in [5.41, 5.74) is -0.164. The van der Waals surface area contributed by atoms with Crippen molar-refractivity contribution in [3.8, 4) is 5.82 Å². The lowest BCUT2D eigenvalue weighted by Crippen LogP contribution is -2.05. The van der Waals surface area contributed by atoms with Crippen LogP contribution in [0.3, 0.4) is 0 Å². The van der Waals surface area contributed by atoms with Gasteiger partial charge in [-0.2, -0.15) is 0 Å². The predicted octanol–water partition coefficient (Wildman–Crippen LogP) is 1.62. The second-order valence-electron chi connectivity index (χ2n) is 2.77. The molecule has 2 rings (SSSR count). The van der Waals surface area contributed by atoms with Crippen molar-refractivity contribution in [1.29, 1.82) is 0 Å². The van der Waals surface area contributed by atoms with Crippen LogP contribution in [0, 0.1) is 0 Å². The molecular formula is C9H6ClN3O2. The highest BCUT2D eigenvalue weighted by Crippen LogP contribution is 2.15. The molecule has 76 valence electrons. The van der Waals surface area contributed by atoms with Gasteiger partial charge in [0.05, 0.1) is 5.02 Å². The van der Waals surface area contributed by atoms with E-state index in [1.807, 2.05) is 0 Å². The average molecular weight is 224 g/mol. The topological polar surface area (TPSA) is 68.0 Å². The van der Waals surface area contributed by atoms with Crippen LogP contribution in [-0.4, -0.2) is 25.6 Å². The Balaban J connectivity index is 2.52. The van der Waals surface area contributed by atoms with Crippen LogP contribution in [0.15, 0.2) is 30.9 Å². The molecule has 6 heteroatoms. The van der Waals surface area contributed by atoms with E-state index in [1.54, 1.807) is 23.0 Å². The Morgan fingerprint density at radius 2 is 2.27 bits per heavy atom. The molecule has 15 heavy (non-hydrogen) atoms. The lowest BCUT2D eigenvalue weighted by molar-refractivity contribution is 0.0690. The van der Waals surface area contributed by atoms with Crippen molar-refractivity contribution >= 4 is 17.6 Å². The quantitative estimate of drug-likeness (QED) is 0.840. The summed E-state index contributed by atoms with van der Waals surface area (Å²) >= 11 is 5.68. The summed E-state index contributed by atoms with van der Waals surface area (Å²) in [6, 6.07) is 3.11. The molecule has 0 unspecified atom stereocenters. The first-order chi connectivity index (χ1) is 7.18. The third-order valence-electron chi connectivity index (χ3n) is 1.80. The Kier molecular flexibility index (Phi) is 2.39. The fourth-order valence-corrected chi connectivity index (χ4v) is 1.31. The van der Waals surface area contributed by atoms with Gasteiger partial charge in [-0.25, -0.2) is 14.8 Å². The third-order valence-corrected chi connectivity index (χ3v) is 2.11. The normalized spacial score (nSPS) is 10.2. The van der Waals surface area contributed by atoms with E-state index in [2.05, 4.69) is 9.97 Å². The smallest absolute Gasteiger partial charge is 0.356 e. The van der Waals surface area contributed by atoms with Crippen LogP contribution in [-0.2, 0) is 0 Å². The molecule has 0 aliphatic heterocycles. The number of hydrogen-bond acceptors (Lipinski definition) is 3. The summed E-state index contributed by atoms with van der Waals surface area (Å²) in [5.74, 6) is -0.684. The van der Waals surface area contributed by atoms with E-state index in [-0.39, 0.29) is 10.7 Å². The summed E-state index contributed by atoms with van der Waals surface area (Å²) < 4.78 is 1.60. The lowest BCUT2D eigenvalue weighted by Gasteiger charge is -2.03. The van der Waals surface area contributed by atoms with Gasteiger partial charge in [-0.3, -0.25) is 4.57 Å². The summed E-state index contributed by atoms with van der Waals surface area (Å²) in [7, 11) is 0. The van der Waals surface area contributed by atoms with E-state index in [4.69, 9.17) is 16.7 Å². The molecule has 1 N–H and O–H groups in total. The zero-order valence-electron chi connectivity index (χ0n) is 7.46. The van der Waals surface area contributed by atoms with E-state index < -0.39 is 5.97 Å². The van der Waals surface area contributed by atoms with Gasteiger partial charge in [-0.05, 0) is 12.1 Å². The minimum Gasteiger partial charge on any atom is -0.476 e. The van der Waals surface area contributed by atoms with Gasteiger partial charge in [0, 0.05) is 12.4 Å². The van der Waals surface area contributed by atoms with Crippen molar-refractivity contribution in [3.05, 3.63) is 41.6 Å². The molecule has 0 atom stereocenters. The Morgan fingerprint density at radius 3 is 2.87 bits per heavy atom.